The third-order valence-corrected chi connectivity index (χ3v) is 7.77. The van der Waals surface area contributed by atoms with Crippen molar-refractivity contribution >= 4 is 21.8 Å². The van der Waals surface area contributed by atoms with Gasteiger partial charge in [-0.1, -0.05) is 60.1 Å². The molecule has 2 aromatic heterocycles. The predicted molar refractivity (Wildman–Crippen MR) is 178 cm³/mol. The molecule has 0 fully saturated rings. The number of para-hydroxylation sites is 2. The second-order valence-corrected chi connectivity index (χ2v) is 11.7. The molecule has 6 aromatic rings. The lowest BCUT2D eigenvalue weighted by molar-refractivity contribution is -0.141. The molecule has 2 nitrogen and oxygen atoms in total. The molecule has 276 valence electrons. The topological polar surface area (TPSA) is 25.8 Å². The fourth-order valence-electron chi connectivity index (χ4n) is 5.05. The van der Waals surface area contributed by atoms with E-state index in [1.54, 1.807) is 50.2 Å². The van der Waals surface area contributed by atoms with E-state index in [0.29, 0.717) is 21.9 Å². The lowest BCUT2D eigenvalue weighted by Gasteiger charge is -2.10. The standard InChI is InChI=1S/2C20H11F6N/c2*1-12-3-2-4-16-14(11-17(20(24,25)26)27-18(12)16)8-5-13-6-9-15(10-7-13)19(21,22)23/h2*2-4,6-7,9-11H,1H3. The second-order valence-electron chi connectivity index (χ2n) is 11.7. The number of aromatic nitrogens is 2. The SMILES string of the molecule is Cc1cccc2c(C#Cc3ccc(C(F)(F)F)cc3)cc(C(F)(F)F)nc12.Cc1cccc2c(C#Cc3ccc(C(F)(F)F)cc3)cc(C(F)(F)F)nc12. The minimum atomic E-state index is -4.64. The van der Waals surface area contributed by atoms with Crippen LogP contribution in [0.5, 0.6) is 0 Å². The van der Waals surface area contributed by atoms with Gasteiger partial charge in [-0.05, 0) is 85.6 Å². The van der Waals surface area contributed by atoms with Crippen LogP contribution in [0.15, 0.2) is 97.1 Å². The number of pyridine rings is 2. The van der Waals surface area contributed by atoms with Gasteiger partial charge in [0.2, 0.25) is 0 Å². The maximum atomic E-state index is 13.1. The van der Waals surface area contributed by atoms with Gasteiger partial charge < -0.3 is 0 Å². The van der Waals surface area contributed by atoms with Crippen molar-refractivity contribution in [1.82, 2.24) is 9.97 Å². The Morgan fingerprint density at radius 3 is 1.04 bits per heavy atom. The number of halogens is 12. The molecule has 0 N–H and O–H groups in total. The fraction of sp³-hybridized carbons (Fsp3) is 0.150. The summed E-state index contributed by atoms with van der Waals surface area (Å²) in [5.74, 6) is 10.5. The number of aryl methyl sites for hydroxylation is 2. The first kappa shape index (κ1) is 39.2. The van der Waals surface area contributed by atoms with Gasteiger partial charge in [0.05, 0.1) is 22.2 Å². The quantitative estimate of drug-likeness (QED) is 0.114. The molecule has 14 heteroatoms. The number of nitrogens with zero attached hydrogens (tertiary/aromatic N) is 2. The number of rotatable bonds is 0. The van der Waals surface area contributed by atoms with Crippen LogP contribution < -0.4 is 0 Å². The van der Waals surface area contributed by atoms with Crippen LogP contribution in [0.1, 0.15) is 55.9 Å². The van der Waals surface area contributed by atoms with Crippen LogP contribution in [0.3, 0.4) is 0 Å². The van der Waals surface area contributed by atoms with Crippen molar-refractivity contribution in [2.45, 2.75) is 38.6 Å². The highest BCUT2D eigenvalue weighted by molar-refractivity contribution is 5.88. The van der Waals surface area contributed by atoms with Gasteiger partial charge in [0, 0.05) is 33.0 Å². The Balaban J connectivity index is 0.000000208. The van der Waals surface area contributed by atoms with Crippen LogP contribution in [-0.2, 0) is 24.7 Å². The van der Waals surface area contributed by atoms with Crippen molar-refractivity contribution in [2.24, 2.45) is 0 Å². The molecular formula is C40H22F12N2. The van der Waals surface area contributed by atoms with Crippen molar-refractivity contribution in [3.63, 3.8) is 0 Å². The van der Waals surface area contributed by atoms with Crippen LogP contribution in [0.4, 0.5) is 52.7 Å². The Kier molecular flexibility index (Phi) is 10.7. The fourth-order valence-corrected chi connectivity index (χ4v) is 5.05. The van der Waals surface area contributed by atoms with Crippen LogP contribution in [-0.4, -0.2) is 9.97 Å². The van der Waals surface area contributed by atoms with E-state index >= 15 is 0 Å². The van der Waals surface area contributed by atoms with E-state index in [0.717, 1.165) is 36.4 Å². The maximum Gasteiger partial charge on any atom is 0.433 e. The summed E-state index contributed by atoms with van der Waals surface area (Å²) in [6, 6.07) is 19.7. The summed E-state index contributed by atoms with van der Waals surface area (Å²) in [5, 5.41) is 0.893. The molecule has 0 saturated carbocycles. The normalized spacial score (nSPS) is 12.0. The minimum Gasteiger partial charge on any atom is -0.243 e. The van der Waals surface area contributed by atoms with Crippen LogP contribution in [0.25, 0.3) is 21.8 Å². The van der Waals surface area contributed by atoms with E-state index in [4.69, 9.17) is 0 Å². The van der Waals surface area contributed by atoms with E-state index in [-0.39, 0.29) is 33.3 Å². The highest BCUT2D eigenvalue weighted by Gasteiger charge is 2.35. The zero-order chi connectivity index (χ0) is 39.6. The summed E-state index contributed by atoms with van der Waals surface area (Å²) in [6.07, 6.45) is -18.2. The molecule has 0 saturated heterocycles. The minimum absolute atomic E-state index is 0.107. The van der Waals surface area contributed by atoms with Gasteiger partial charge in [-0.25, -0.2) is 9.97 Å². The zero-order valence-electron chi connectivity index (χ0n) is 27.7. The molecule has 0 aliphatic carbocycles. The summed E-state index contributed by atoms with van der Waals surface area (Å²) in [7, 11) is 0. The van der Waals surface area contributed by atoms with Gasteiger partial charge in [0.25, 0.3) is 0 Å². The zero-order valence-corrected chi connectivity index (χ0v) is 27.7. The molecule has 0 amide bonds. The third-order valence-electron chi connectivity index (χ3n) is 7.77. The first-order chi connectivity index (χ1) is 25.1. The Bertz CT molecular complexity index is 2280. The molecule has 6 rings (SSSR count). The number of fused-ring (bicyclic) bond motifs is 2. The van der Waals surface area contributed by atoms with Gasteiger partial charge >= 0.3 is 24.7 Å². The van der Waals surface area contributed by atoms with E-state index < -0.39 is 47.2 Å². The highest BCUT2D eigenvalue weighted by atomic mass is 19.4. The molecule has 4 aromatic carbocycles. The number of alkyl halides is 12. The maximum absolute atomic E-state index is 13.1. The number of hydrogen-bond donors (Lipinski definition) is 0. The average Bonchev–Trinajstić information content (AvgIpc) is 3.09. The van der Waals surface area contributed by atoms with Gasteiger partial charge in [-0.3, -0.25) is 0 Å². The van der Waals surface area contributed by atoms with Crippen molar-refractivity contribution in [3.8, 4) is 23.7 Å². The van der Waals surface area contributed by atoms with E-state index in [1.807, 2.05) is 0 Å². The van der Waals surface area contributed by atoms with Crippen LogP contribution >= 0.6 is 0 Å². The van der Waals surface area contributed by atoms with Crippen LogP contribution in [0.2, 0.25) is 0 Å². The molecule has 0 unspecified atom stereocenters. The van der Waals surface area contributed by atoms with Crippen molar-refractivity contribution < 1.29 is 52.7 Å². The second kappa shape index (κ2) is 14.8. The van der Waals surface area contributed by atoms with Gasteiger partial charge in [0.15, 0.2) is 0 Å². The Morgan fingerprint density at radius 1 is 0.407 bits per heavy atom. The van der Waals surface area contributed by atoms with Crippen molar-refractivity contribution in [1.29, 1.82) is 0 Å². The molecule has 2 heterocycles. The average molecular weight is 759 g/mol. The Morgan fingerprint density at radius 2 is 0.741 bits per heavy atom. The largest absolute Gasteiger partial charge is 0.433 e. The molecule has 0 aliphatic rings. The van der Waals surface area contributed by atoms with E-state index in [9.17, 15) is 52.7 Å². The summed E-state index contributed by atoms with van der Waals surface area (Å²) >= 11 is 0. The molecule has 0 bridgehead atoms. The third kappa shape index (κ3) is 9.31. The Labute approximate surface area is 299 Å². The highest BCUT2D eigenvalue weighted by Crippen LogP contribution is 2.34. The summed E-state index contributed by atoms with van der Waals surface area (Å²) < 4.78 is 154. The van der Waals surface area contributed by atoms with Gasteiger partial charge in [0.1, 0.15) is 11.4 Å². The van der Waals surface area contributed by atoms with Crippen molar-refractivity contribution in [3.05, 3.63) is 153 Å². The first-order valence-corrected chi connectivity index (χ1v) is 15.4. The molecule has 0 radical (unpaired) electrons. The molecular weight excluding hydrogens is 736 g/mol. The molecule has 0 spiro atoms. The van der Waals surface area contributed by atoms with E-state index in [1.165, 1.54) is 24.3 Å². The Hall–Kier alpha value is -6.02. The van der Waals surface area contributed by atoms with Gasteiger partial charge in [-0.15, -0.1) is 0 Å². The summed E-state index contributed by atoms with van der Waals surface area (Å²) in [6.45, 7) is 3.28. The lowest BCUT2D eigenvalue weighted by atomic mass is 10.0. The summed E-state index contributed by atoms with van der Waals surface area (Å²) in [4.78, 5) is 7.37. The smallest absolute Gasteiger partial charge is 0.243 e. The molecule has 54 heavy (non-hydrogen) atoms. The van der Waals surface area contributed by atoms with Crippen molar-refractivity contribution in [2.75, 3.05) is 0 Å². The molecule has 0 atom stereocenters. The monoisotopic (exact) mass is 758 g/mol. The van der Waals surface area contributed by atoms with E-state index in [2.05, 4.69) is 33.6 Å². The first-order valence-electron chi connectivity index (χ1n) is 15.4. The lowest BCUT2D eigenvalue weighted by Crippen LogP contribution is -2.09. The predicted octanol–water partition coefficient (Wildman–Crippen LogP) is 12.0. The molecule has 0 aliphatic heterocycles. The van der Waals surface area contributed by atoms with Crippen LogP contribution in [0, 0.1) is 37.5 Å². The summed E-state index contributed by atoms with van der Waals surface area (Å²) in [5.41, 5.74) is -1.55. The number of hydrogen-bond acceptors (Lipinski definition) is 2. The van der Waals surface area contributed by atoms with Gasteiger partial charge in [-0.2, -0.15) is 52.7 Å². The number of benzene rings is 4.